The van der Waals surface area contributed by atoms with Gasteiger partial charge in [0, 0.05) is 12.3 Å². The molecule has 108 valence electrons. The number of aliphatic hydroxyl groups excluding tert-OH is 2. The summed E-state index contributed by atoms with van der Waals surface area (Å²) in [5.74, 6) is -0.318. The van der Waals surface area contributed by atoms with Crippen molar-refractivity contribution in [2.45, 2.75) is 64.1 Å². The molecule has 0 amide bonds. The molecule has 19 heavy (non-hydrogen) atoms. The van der Waals surface area contributed by atoms with E-state index in [2.05, 4.69) is 13.5 Å². The monoisotopic (exact) mass is 266 g/mol. The van der Waals surface area contributed by atoms with Gasteiger partial charge in [-0.25, -0.2) is 0 Å². The Balaban J connectivity index is 2.25. The number of hydrogen-bond donors (Lipinski definition) is 2. The molecular formula is C16H26O3. The fourth-order valence-corrected chi connectivity index (χ4v) is 2.42. The zero-order chi connectivity index (χ0) is 14.3. The average Bonchev–Trinajstić information content (AvgIpc) is 2.61. The summed E-state index contributed by atoms with van der Waals surface area (Å²) in [6.45, 7) is 5.88. The van der Waals surface area contributed by atoms with Gasteiger partial charge < -0.3 is 10.2 Å². The van der Waals surface area contributed by atoms with Crippen LogP contribution in [0.4, 0.5) is 0 Å². The third kappa shape index (κ3) is 5.29. The summed E-state index contributed by atoms with van der Waals surface area (Å²) in [6.07, 6.45) is 8.93. The number of aliphatic hydroxyl groups is 2. The largest absolute Gasteiger partial charge is 0.393 e. The van der Waals surface area contributed by atoms with Crippen molar-refractivity contribution in [1.29, 1.82) is 0 Å². The molecule has 0 heterocycles. The first-order chi connectivity index (χ1) is 9.06. The Hall–Kier alpha value is -0.930. The Kier molecular flexibility index (Phi) is 7.03. The second kappa shape index (κ2) is 8.28. The Morgan fingerprint density at radius 3 is 2.74 bits per heavy atom. The highest BCUT2D eigenvalue weighted by molar-refractivity contribution is 5.98. The van der Waals surface area contributed by atoms with Crippen molar-refractivity contribution in [3.05, 3.63) is 24.3 Å². The van der Waals surface area contributed by atoms with Crippen LogP contribution < -0.4 is 0 Å². The molecule has 1 saturated carbocycles. The summed E-state index contributed by atoms with van der Waals surface area (Å²) in [5.41, 5.74) is 0.487. The van der Waals surface area contributed by atoms with E-state index >= 15 is 0 Å². The number of ketones is 1. The summed E-state index contributed by atoms with van der Waals surface area (Å²) < 4.78 is 0. The normalized spacial score (nSPS) is 25.4. The molecule has 0 aromatic heterocycles. The number of hydrogen-bond acceptors (Lipinski definition) is 3. The van der Waals surface area contributed by atoms with Crippen LogP contribution in [0.2, 0.25) is 0 Å². The summed E-state index contributed by atoms with van der Waals surface area (Å²) in [4.78, 5) is 11.4. The molecule has 1 aliphatic rings. The van der Waals surface area contributed by atoms with Gasteiger partial charge in [0.1, 0.15) is 0 Å². The Morgan fingerprint density at radius 1 is 1.42 bits per heavy atom. The molecule has 0 aromatic carbocycles. The molecule has 2 N–H and O–H groups in total. The van der Waals surface area contributed by atoms with Crippen LogP contribution in [0.15, 0.2) is 24.3 Å². The standard InChI is InChI=1S/C16H26O3/c1-3-4-5-6-8-13(17)9-7-10-14-12(2)15(18)11-16(14)19/h7,10,13-14,16-17,19H,2-6,8-9,11H2,1H3/b10-7+/t13?,14-,16-/m1/s1. The molecule has 1 unspecified atom stereocenters. The topological polar surface area (TPSA) is 57.5 Å². The first kappa shape index (κ1) is 16.1. The molecule has 0 saturated heterocycles. The zero-order valence-corrected chi connectivity index (χ0v) is 11.8. The summed E-state index contributed by atoms with van der Waals surface area (Å²) >= 11 is 0. The number of rotatable bonds is 8. The molecule has 1 fully saturated rings. The molecule has 3 heteroatoms. The van der Waals surface area contributed by atoms with Crippen molar-refractivity contribution in [3.8, 4) is 0 Å². The van der Waals surface area contributed by atoms with Gasteiger partial charge in [0.25, 0.3) is 0 Å². The molecule has 0 spiro atoms. The van der Waals surface area contributed by atoms with Gasteiger partial charge in [-0.05, 0) is 18.4 Å². The minimum absolute atomic E-state index is 0.0535. The predicted molar refractivity (Wildman–Crippen MR) is 76.8 cm³/mol. The lowest BCUT2D eigenvalue weighted by atomic mass is 10.00. The number of Topliss-reactive ketones (excluding diaryl/α,β-unsaturated/α-hetero) is 1. The van der Waals surface area contributed by atoms with E-state index in [1.165, 1.54) is 19.3 Å². The van der Waals surface area contributed by atoms with Crippen LogP contribution in [0, 0.1) is 5.92 Å². The minimum Gasteiger partial charge on any atom is -0.393 e. The van der Waals surface area contributed by atoms with Crippen LogP contribution in [0.25, 0.3) is 0 Å². The van der Waals surface area contributed by atoms with Gasteiger partial charge in [0.15, 0.2) is 5.78 Å². The summed E-state index contributed by atoms with van der Waals surface area (Å²) in [7, 11) is 0. The molecule has 1 aliphatic carbocycles. The van der Waals surface area contributed by atoms with Crippen LogP contribution in [-0.2, 0) is 4.79 Å². The summed E-state index contributed by atoms with van der Waals surface area (Å²) in [5, 5.41) is 19.5. The quantitative estimate of drug-likeness (QED) is 0.403. The number of carbonyl (C=O) groups is 1. The first-order valence-electron chi connectivity index (χ1n) is 7.31. The Labute approximate surface area is 116 Å². The highest BCUT2D eigenvalue weighted by atomic mass is 16.3. The van der Waals surface area contributed by atoms with E-state index in [0.717, 1.165) is 12.8 Å². The third-order valence-corrected chi connectivity index (χ3v) is 3.71. The van der Waals surface area contributed by atoms with Gasteiger partial charge >= 0.3 is 0 Å². The van der Waals surface area contributed by atoms with E-state index in [9.17, 15) is 15.0 Å². The van der Waals surface area contributed by atoms with Crippen molar-refractivity contribution in [3.63, 3.8) is 0 Å². The zero-order valence-electron chi connectivity index (χ0n) is 11.8. The third-order valence-electron chi connectivity index (χ3n) is 3.71. The first-order valence-corrected chi connectivity index (χ1v) is 7.31. The van der Waals surface area contributed by atoms with Crippen LogP contribution in [0.1, 0.15) is 51.9 Å². The maximum Gasteiger partial charge on any atom is 0.161 e. The molecule has 3 nitrogen and oxygen atoms in total. The molecule has 0 aromatic rings. The van der Waals surface area contributed by atoms with Gasteiger partial charge in [0.05, 0.1) is 12.2 Å². The molecular weight excluding hydrogens is 240 g/mol. The van der Waals surface area contributed by atoms with Crippen LogP contribution in [-0.4, -0.2) is 28.2 Å². The van der Waals surface area contributed by atoms with Crippen LogP contribution in [0.3, 0.4) is 0 Å². The van der Waals surface area contributed by atoms with E-state index in [1.807, 2.05) is 12.2 Å². The maximum absolute atomic E-state index is 11.4. The average molecular weight is 266 g/mol. The van der Waals surface area contributed by atoms with E-state index in [1.54, 1.807) is 0 Å². The second-order valence-electron chi connectivity index (χ2n) is 5.41. The SMILES string of the molecule is C=C1C(=O)C[C@@H](O)[C@@H]1/C=C/CC(O)CCCCCC. The predicted octanol–water partition coefficient (Wildman–Crippen LogP) is 2.77. The fraction of sp³-hybridized carbons (Fsp3) is 0.688. The van der Waals surface area contributed by atoms with Crippen molar-refractivity contribution in [2.24, 2.45) is 5.92 Å². The molecule has 0 aliphatic heterocycles. The molecule has 0 radical (unpaired) electrons. The maximum atomic E-state index is 11.4. The van der Waals surface area contributed by atoms with E-state index in [0.29, 0.717) is 12.0 Å². The fourth-order valence-electron chi connectivity index (χ4n) is 2.42. The summed E-state index contributed by atoms with van der Waals surface area (Å²) in [6, 6.07) is 0. The second-order valence-corrected chi connectivity index (χ2v) is 5.41. The van der Waals surface area contributed by atoms with E-state index in [-0.39, 0.29) is 24.2 Å². The van der Waals surface area contributed by atoms with Crippen molar-refractivity contribution in [2.75, 3.05) is 0 Å². The lowest BCUT2D eigenvalue weighted by Crippen LogP contribution is -2.11. The Bertz CT molecular complexity index is 333. The highest BCUT2D eigenvalue weighted by Gasteiger charge is 2.33. The molecule has 0 bridgehead atoms. The van der Waals surface area contributed by atoms with E-state index < -0.39 is 6.10 Å². The van der Waals surface area contributed by atoms with Crippen LogP contribution in [0.5, 0.6) is 0 Å². The van der Waals surface area contributed by atoms with Crippen molar-refractivity contribution < 1.29 is 15.0 Å². The van der Waals surface area contributed by atoms with Gasteiger partial charge in [-0.2, -0.15) is 0 Å². The number of unbranched alkanes of at least 4 members (excludes halogenated alkanes) is 3. The molecule has 1 rings (SSSR count). The lowest BCUT2D eigenvalue weighted by molar-refractivity contribution is -0.115. The molecule has 3 atom stereocenters. The van der Waals surface area contributed by atoms with Gasteiger partial charge in [-0.3, -0.25) is 4.79 Å². The van der Waals surface area contributed by atoms with Crippen LogP contribution >= 0.6 is 0 Å². The van der Waals surface area contributed by atoms with Gasteiger partial charge in [-0.1, -0.05) is 51.3 Å². The van der Waals surface area contributed by atoms with Gasteiger partial charge in [0.2, 0.25) is 0 Å². The Morgan fingerprint density at radius 2 is 2.16 bits per heavy atom. The highest BCUT2D eigenvalue weighted by Crippen LogP contribution is 2.28. The van der Waals surface area contributed by atoms with Gasteiger partial charge in [-0.15, -0.1) is 0 Å². The number of carbonyl (C=O) groups excluding carboxylic acids is 1. The lowest BCUT2D eigenvalue weighted by Gasteiger charge is -2.10. The van der Waals surface area contributed by atoms with E-state index in [4.69, 9.17) is 0 Å². The smallest absolute Gasteiger partial charge is 0.161 e. The van der Waals surface area contributed by atoms with Crippen molar-refractivity contribution in [1.82, 2.24) is 0 Å². The van der Waals surface area contributed by atoms with Crippen molar-refractivity contribution >= 4 is 5.78 Å². The minimum atomic E-state index is -0.641.